The quantitative estimate of drug-likeness (QED) is 0.758. The van der Waals surface area contributed by atoms with Gasteiger partial charge in [-0.3, -0.25) is 0 Å². The molecule has 0 aliphatic rings. The normalized spacial score (nSPS) is 12.8. The molecule has 0 radical (unpaired) electrons. The number of hydrogen-bond acceptors (Lipinski definition) is 3. The van der Waals surface area contributed by atoms with Crippen molar-refractivity contribution in [3.63, 3.8) is 0 Å². The number of benzene rings is 1. The summed E-state index contributed by atoms with van der Waals surface area (Å²) in [5, 5.41) is 9.69. The van der Waals surface area contributed by atoms with E-state index in [1.54, 1.807) is 6.92 Å². The molecule has 3 nitrogen and oxygen atoms in total. The molecule has 102 valence electrons. The second-order valence-corrected chi connectivity index (χ2v) is 5.03. The van der Waals surface area contributed by atoms with Crippen LogP contribution in [0.3, 0.4) is 0 Å². The minimum atomic E-state index is -0.517. The fourth-order valence-electron chi connectivity index (χ4n) is 1.66. The van der Waals surface area contributed by atoms with Crippen LogP contribution in [0.2, 0.25) is 0 Å². The Balaban J connectivity index is 2.46. The van der Waals surface area contributed by atoms with E-state index in [9.17, 15) is 5.11 Å². The number of ether oxygens (including phenoxy) is 2. The molecule has 0 aromatic heterocycles. The summed E-state index contributed by atoms with van der Waals surface area (Å²) in [6.07, 6.45) is -0.517. The SMILES string of the molecule is Cc1ccc(OCCOCC(C)C)c(C(C)O)c1. The highest BCUT2D eigenvalue weighted by Crippen LogP contribution is 2.26. The molecule has 0 fully saturated rings. The van der Waals surface area contributed by atoms with Crippen LogP contribution in [-0.2, 0) is 4.74 Å². The molecule has 0 saturated carbocycles. The summed E-state index contributed by atoms with van der Waals surface area (Å²) in [4.78, 5) is 0. The molecule has 1 aromatic rings. The van der Waals surface area contributed by atoms with Gasteiger partial charge in [-0.25, -0.2) is 0 Å². The first-order valence-electron chi connectivity index (χ1n) is 6.50. The van der Waals surface area contributed by atoms with Crippen LogP contribution in [0.25, 0.3) is 0 Å². The highest BCUT2D eigenvalue weighted by molar-refractivity contribution is 5.38. The lowest BCUT2D eigenvalue weighted by atomic mass is 10.1. The van der Waals surface area contributed by atoms with Crippen molar-refractivity contribution in [2.45, 2.75) is 33.8 Å². The summed E-state index contributed by atoms with van der Waals surface area (Å²) in [6, 6.07) is 5.84. The van der Waals surface area contributed by atoms with Gasteiger partial charge in [0.1, 0.15) is 12.4 Å². The van der Waals surface area contributed by atoms with E-state index in [1.165, 1.54) is 0 Å². The van der Waals surface area contributed by atoms with Gasteiger partial charge in [0.25, 0.3) is 0 Å². The Morgan fingerprint density at radius 3 is 2.50 bits per heavy atom. The van der Waals surface area contributed by atoms with Crippen molar-refractivity contribution in [1.29, 1.82) is 0 Å². The molecule has 0 aliphatic carbocycles. The molecule has 1 N–H and O–H groups in total. The van der Waals surface area contributed by atoms with Crippen molar-refractivity contribution < 1.29 is 14.6 Å². The predicted molar refractivity (Wildman–Crippen MR) is 73.0 cm³/mol. The Labute approximate surface area is 110 Å². The van der Waals surface area contributed by atoms with E-state index in [0.29, 0.717) is 19.1 Å². The van der Waals surface area contributed by atoms with Crippen LogP contribution in [0, 0.1) is 12.8 Å². The lowest BCUT2D eigenvalue weighted by Gasteiger charge is -2.14. The third-order valence-electron chi connectivity index (χ3n) is 2.55. The van der Waals surface area contributed by atoms with Crippen LogP contribution >= 0.6 is 0 Å². The summed E-state index contributed by atoms with van der Waals surface area (Å²) in [5.74, 6) is 1.28. The zero-order valence-electron chi connectivity index (χ0n) is 11.8. The van der Waals surface area contributed by atoms with Gasteiger partial charge < -0.3 is 14.6 Å². The fraction of sp³-hybridized carbons (Fsp3) is 0.600. The zero-order chi connectivity index (χ0) is 13.5. The Kier molecular flexibility index (Phi) is 6.16. The molecule has 3 heteroatoms. The minimum Gasteiger partial charge on any atom is -0.491 e. The highest BCUT2D eigenvalue weighted by Gasteiger charge is 2.09. The van der Waals surface area contributed by atoms with Gasteiger partial charge in [0.05, 0.1) is 12.7 Å². The molecule has 0 spiro atoms. The molecule has 18 heavy (non-hydrogen) atoms. The maximum atomic E-state index is 9.69. The smallest absolute Gasteiger partial charge is 0.125 e. The van der Waals surface area contributed by atoms with Crippen molar-refractivity contribution in [2.24, 2.45) is 5.92 Å². The summed E-state index contributed by atoms with van der Waals surface area (Å²) in [6.45, 7) is 9.82. The van der Waals surface area contributed by atoms with Gasteiger partial charge in [-0.15, -0.1) is 0 Å². The standard InChI is InChI=1S/C15H24O3/c1-11(2)10-17-7-8-18-15-6-5-12(3)9-14(15)13(4)16/h5-6,9,11,13,16H,7-8,10H2,1-4H3. The Hall–Kier alpha value is -1.06. The van der Waals surface area contributed by atoms with E-state index in [0.717, 1.165) is 23.5 Å². The summed E-state index contributed by atoms with van der Waals surface area (Å²) >= 11 is 0. The molecule has 0 heterocycles. The van der Waals surface area contributed by atoms with Crippen LogP contribution in [0.15, 0.2) is 18.2 Å². The Morgan fingerprint density at radius 2 is 1.89 bits per heavy atom. The average Bonchev–Trinajstić information content (AvgIpc) is 2.29. The minimum absolute atomic E-state index is 0.509. The second-order valence-electron chi connectivity index (χ2n) is 5.03. The van der Waals surface area contributed by atoms with Crippen molar-refractivity contribution in [3.05, 3.63) is 29.3 Å². The number of aryl methyl sites for hydroxylation is 1. The van der Waals surface area contributed by atoms with Crippen molar-refractivity contribution >= 4 is 0 Å². The fourth-order valence-corrected chi connectivity index (χ4v) is 1.66. The van der Waals surface area contributed by atoms with E-state index in [2.05, 4.69) is 13.8 Å². The third kappa shape index (κ3) is 5.07. The van der Waals surface area contributed by atoms with Crippen LogP contribution in [-0.4, -0.2) is 24.9 Å². The predicted octanol–water partition coefficient (Wildman–Crippen LogP) is 3.10. The van der Waals surface area contributed by atoms with Gasteiger partial charge in [-0.2, -0.15) is 0 Å². The summed E-state index contributed by atoms with van der Waals surface area (Å²) < 4.78 is 11.1. The highest BCUT2D eigenvalue weighted by atomic mass is 16.5. The average molecular weight is 252 g/mol. The van der Waals surface area contributed by atoms with E-state index in [-0.39, 0.29) is 0 Å². The van der Waals surface area contributed by atoms with Crippen LogP contribution in [0.4, 0.5) is 0 Å². The zero-order valence-corrected chi connectivity index (χ0v) is 11.8. The van der Waals surface area contributed by atoms with Crippen LogP contribution in [0.5, 0.6) is 5.75 Å². The van der Waals surface area contributed by atoms with Gasteiger partial charge in [-0.1, -0.05) is 25.5 Å². The van der Waals surface area contributed by atoms with Crippen molar-refractivity contribution in [2.75, 3.05) is 19.8 Å². The molecule has 0 aliphatic heterocycles. The van der Waals surface area contributed by atoms with E-state index in [4.69, 9.17) is 9.47 Å². The Bertz CT molecular complexity index is 359. The number of aliphatic hydroxyl groups is 1. The van der Waals surface area contributed by atoms with Gasteiger partial charge in [0, 0.05) is 12.2 Å². The largest absolute Gasteiger partial charge is 0.491 e. The van der Waals surface area contributed by atoms with Gasteiger partial charge >= 0.3 is 0 Å². The molecule has 1 rings (SSSR count). The van der Waals surface area contributed by atoms with Crippen LogP contribution in [0.1, 0.15) is 38.0 Å². The first-order valence-corrected chi connectivity index (χ1v) is 6.50. The van der Waals surface area contributed by atoms with Gasteiger partial charge in [0.2, 0.25) is 0 Å². The van der Waals surface area contributed by atoms with E-state index < -0.39 is 6.10 Å². The molecular formula is C15H24O3. The molecule has 1 unspecified atom stereocenters. The lowest BCUT2D eigenvalue weighted by molar-refractivity contribution is 0.0805. The van der Waals surface area contributed by atoms with Gasteiger partial charge in [0.15, 0.2) is 0 Å². The number of rotatable bonds is 7. The molecule has 1 atom stereocenters. The van der Waals surface area contributed by atoms with E-state index in [1.807, 2.05) is 25.1 Å². The third-order valence-corrected chi connectivity index (χ3v) is 2.55. The molecular weight excluding hydrogens is 228 g/mol. The molecule has 0 bridgehead atoms. The summed E-state index contributed by atoms with van der Waals surface area (Å²) in [7, 11) is 0. The van der Waals surface area contributed by atoms with Crippen molar-refractivity contribution in [3.8, 4) is 5.75 Å². The monoisotopic (exact) mass is 252 g/mol. The molecule has 0 amide bonds. The van der Waals surface area contributed by atoms with Crippen LogP contribution < -0.4 is 4.74 Å². The van der Waals surface area contributed by atoms with E-state index >= 15 is 0 Å². The molecule has 1 aromatic carbocycles. The lowest BCUT2D eigenvalue weighted by Crippen LogP contribution is -2.11. The number of hydrogen-bond donors (Lipinski definition) is 1. The second kappa shape index (κ2) is 7.39. The summed E-state index contributed by atoms with van der Waals surface area (Å²) in [5.41, 5.74) is 1.95. The number of aliphatic hydroxyl groups excluding tert-OH is 1. The van der Waals surface area contributed by atoms with Crippen molar-refractivity contribution in [1.82, 2.24) is 0 Å². The molecule has 0 saturated heterocycles. The topological polar surface area (TPSA) is 38.7 Å². The maximum absolute atomic E-state index is 9.69. The van der Waals surface area contributed by atoms with Gasteiger partial charge in [-0.05, 0) is 31.9 Å². The first kappa shape index (κ1) is 15.0. The maximum Gasteiger partial charge on any atom is 0.125 e. The first-order chi connectivity index (χ1) is 8.50. The Morgan fingerprint density at radius 1 is 1.17 bits per heavy atom.